The molecule has 2 aromatic heterocycles. The fourth-order valence-electron chi connectivity index (χ4n) is 4.74. The summed E-state index contributed by atoms with van der Waals surface area (Å²) in [6.45, 7) is 6.73. The van der Waals surface area contributed by atoms with E-state index in [0.29, 0.717) is 37.7 Å². The summed E-state index contributed by atoms with van der Waals surface area (Å²) in [5.74, 6) is -1.53. The second kappa shape index (κ2) is 11.4. The van der Waals surface area contributed by atoms with Gasteiger partial charge in [0.1, 0.15) is 28.7 Å². The van der Waals surface area contributed by atoms with Crippen molar-refractivity contribution in [1.29, 1.82) is 0 Å². The number of carbonyl (C=O) groups excluding carboxylic acids is 1. The molecule has 1 fully saturated rings. The summed E-state index contributed by atoms with van der Waals surface area (Å²) in [5.41, 5.74) is -0.857. The first-order valence-corrected chi connectivity index (χ1v) is 12.9. The molecule has 1 atom stereocenters. The topological polar surface area (TPSA) is 105 Å². The maximum Gasteiger partial charge on any atom is 0.319 e. The van der Waals surface area contributed by atoms with E-state index in [9.17, 15) is 14.3 Å². The predicted molar refractivity (Wildman–Crippen MR) is 146 cm³/mol. The Kier molecular flexibility index (Phi) is 7.74. The molecule has 1 N–H and O–H groups in total. The van der Waals surface area contributed by atoms with Crippen molar-refractivity contribution in [2.24, 2.45) is 0 Å². The van der Waals surface area contributed by atoms with Gasteiger partial charge in [-0.3, -0.25) is 4.79 Å². The van der Waals surface area contributed by atoms with Gasteiger partial charge >= 0.3 is 6.01 Å². The number of nitrogens with zero attached hydrogens (tertiary/aromatic N) is 6. The van der Waals surface area contributed by atoms with E-state index in [-0.39, 0.29) is 51.6 Å². The summed E-state index contributed by atoms with van der Waals surface area (Å²) in [5, 5.41) is 10.5. The van der Waals surface area contributed by atoms with Crippen LogP contribution < -0.4 is 9.64 Å². The molecule has 0 spiro atoms. The molecule has 4 aromatic rings. The van der Waals surface area contributed by atoms with Gasteiger partial charge in [-0.15, -0.1) is 0 Å². The van der Waals surface area contributed by atoms with Crippen molar-refractivity contribution in [2.75, 3.05) is 31.1 Å². The zero-order valence-electron chi connectivity index (χ0n) is 21.5. The molecule has 3 heterocycles. The minimum Gasteiger partial charge on any atom is -0.507 e. The van der Waals surface area contributed by atoms with Crippen molar-refractivity contribution < 1.29 is 23.4 Å². The first-order valence-electron chi connectivity index (χ1n) is 12.5. The number of carbonyl (C=O) groups is 1. The lowest BCUT2D eigenvalue weighted by molar-refractivity contribution is -0.128. The maximum absolute atomic E-state index is 16.2. The summed E-state index contributed by atoms with van der Waals surface area (Å²) in [4.78, 5) is 33.0. The molecular weight excluding hydrogens is 542 g/mol. The molecule has 1 saturated heterocycles. The highest BCUT2D eigenvalue weighted by atomic mass is 35.5. The Labute approximate surface area is 233 Å². The van der Waals surface area contributed by atoms with Gasteiger partial charge in [0.15, 0.2) is 5.82 Å². The van der Waals surface area contributed by atoms with Gasteiger partial charge in [-0.25, -0.2) is 18.7 Å². The average Bonchev–Trinajstić information content (AvgIpc) is 2.94. The fourth-order valence-corrected chi connectivity index (χ4v) is 5.03. The highest BCUT2D eigenvalue weighted by Gasteiger charge is 2.30. The van der Waals surface area contributed by atoms with Crippen molar-refractivity contribution in [1.82, 2.24) is 24.8 Å². The normalized spacial score (nSPS) is 15.3. The summed E-state index contributed by atoms with van der Waals surface area (Å²) in [6, 6.07) is 6.50. The number of fused-ring (bicyclic) bond motifs is 1. The van der Waals surface area contributed by atoms with Crippen LogP contribution in [-0.4, -0.2) is 68.1 Å². The Morgan fingerprint density at radius 1 is 1.20 bits per heavy atom. The van der Waals surface area contributed by atoms with Gasteiger partial charge in [-0.05, 0) is 37.3 Å². The van der Waals surface area contributed by atoms with Crippen molar-refractivity contribution in [3.8, 4) is 22.9 Å². The number of anilines is 1. The largest absolute Gasteiger partial charge is 0.507 e. The van der Waals surface area contributed by atoms with Crippen LogP contribution in [0.25, 0.3) is 22.0 Å². The number of phenols is 1. The summed E-state index contributed by atoms with van der Waals surface area (Å²) >= 11 is 6.50. The number of hydrogen-bond acceptors (Lipinski definition) is 8. The molecular formula is C28H25ClF2N6O3. The van der Waals surface area contributed by atoms with Crippen molar-refractivity contribution in [2.45, 2.75) is 19.4 Å². The molecule has 0 bridgehead atoms. The Morgan fingerprint density at radius 3 is 2.67 bits per heavy atom. The molecule has 1 amide bonds. The monoisotopic (exact) mass is 566 g/mol. The van der Waals surface area contributed by atoms with Crippen LogP contribution in [0.4, 0.5) is 14.6 Å². The van der Waals surface area contributed by atoms with Gasteiger partial charge in [0.25, 0.3) is 0 Å². The van der Waals surface area contributed by atoms with E-state index in [0.717, 1.165) is 6.07 Å². The number of halogens is 3. The quantitative estimate of drug-likeness (QED) is 0.324. The van der Waals surface area contributed by atoms with Crippen LogP contribution in [0.5, 0.6) is 11.8 Å². The van der Waals surface area contributed by atoms with E-state index < -0.39 is 17.4 Å². The molecule has 40 heavy (non-hydrogen) atoms. The van der Waals surface area contributed by atoms with E-state index >= 15 is 4.39 Å². The second-order valence-corrected chi connectivity index (χ2v) is 9.61. The third-order valence-electron chi connectivity index (χ3n) is 6.64. The van der Waals surface area contributed by atoms with Gasteiger partial charge in [0.2, 0.25) is 5.91 Å². The Bertz CT molecular complexity index is 1570. The highest BCUT2D eigenvalue weighted by Crippen LogP contribution is 2.42. The third kappa shape index (κ3) is 5.24. The number of aromatic nitrogens is 4. The van der Waals surface area contributed by atoms with Crippen molar-refractivity contribution in [3.05, 3.63) is 77.9 Å². The van der Waals surface area contributed by atoms with E-state index in [1.54, 1.807) is 23.4 Å². The number of aromatic hydroxyl groups is 1. The second-order valence-electron chi connectivity index (χ2n) is 9.20. The minimum atomic E-state index is -0.934. The van der Waals surface area contributed by atoms with E-state index in [1.807, 2.05) is 11.8 Å². The predicted octanol–water partition coefficient (Wildman–Crippen LogP) is 4.57. The number of benzene rings is 2. The molecule has 0 aliphatic carbocycles. The zero-order valence-corrected chi connectivity index (χ0v) is 22.3. The van der Waals surface area contributed by atoms with Gasteiger partial charge in [0, 0.05) is 55.4 Å². The van der Waals surface area contributed by atoms with Crippen LogP contribution in [0.1, 0.15) is 12.7 Å². The summed E-state index contributed by atoms with van der Waals surface area (Å²) in [7, 11) is 0. The number of phenolic OH excluding ortho intramolecular Hbond substituents is 1. The highest BCUT2D eigenvalue weighted by molar-refractivity contribution is 6.34. The smallest absolute Gasteiger partial charge is 0.319 e. The van der Waals surface area contributed by atoms with Gasteiger partial charge < -0.3 is 19.6 Å². The number of hydrogen-bond donors (Lipinski definition) is 1. The van der Waals surface area contributed by atoms with Crippen LogP contribution in [0.2, 0.25) is 5.02 Å². The Balaban J connectivity index is 1.59. The van der Waals surface area contributed by atoms with Crippen molar-refractivity contribution in [3.63, 3.8) is 0 Å². The molecule has 0 radical (unpaired) electrons. The van der Waals surface area contributed by atoms with E-state index in [2.05, 4.69) is 26.5 Å². The Hall–Kier alpha value is -4.38. The van der Waals surface area contributed by atoms with Crippen LogP contribution >= 0.6 is 11.6 Å². The zero-order chi connectivity index (χ0) is 28.4. The molecule has 5 rings (SSSR count). The molecule has 206 valence electrons. The number of ether oxygens (including phenoxy) is 1. The Morgan fingerprint density at radius 2 is 1.98 bits per heavy atom. The molecule has 0 saturated carbocycles. The van der Waals surface area contributed by atoms with E-state index in [4.69, 9.17) is 16.3 Å². The SMILES string of the molecule is C=CC(=O)N1CCN(c2nc(OCCc3ncccn3)nc3c(F)c(-c4c(O)cccc4F)c(Cl)cc23)C[C@H]1C. The molecule has 0 unspecified atom stereocenters. The molecule has 9 nitrogen and oxygen atoms in total. The minimum absolute atomic E-state index is 0.111. The lowest BCUT2D eigenvalue weighted by atomic mass is 10.0. The number of piperazine rings is 1. The van der Waals surface area contributed by atoms with Crippen LogP contribution in [0.15, 0.2) is 55.4 Å². The molecule has 1 aliphatic heterocycles. The standard InChI is InChI=1S/C28H25ClF2N6O3/c1-3-22(39)37-12-11-36(15-16(37)2)27-17-14-18(29)23(24-19(30)6-4-7-20(24)38)25(31)26(17)34-28(35-27)40-13-8-21-32-9-5-10-33-21/h3-7,9-10,14,16,38H,1,8,11-13,15H2,2H3/t16-/m1/s1. The number of rotatable bonds is 7. The maximum atomic E-state index is 16.2. The molecule has 2 aromatic carbocycles. The number of amides is 1. The lowest BCUT2D eigenvalue weighted by Gasteiger charge is -2.40. The van der Waals surface area contributed by atoms with E-state index in [1.165, 1.54) is 24.3 Å². The molecule has 1 aliphatic rings. The summed E-state index contributed by atoms with van der Waals surface area (Å²) in [6.07, 6.45) is 4.85. The fraction of sp³-hybridized carbons (Fsp3) is 0.250. The lowest BCUT2D eigenvalue weighted by Crippen LogP contribution is -2.54. The first-order chi connectivity index (χ1) is 19.3. The average molecular weight is 567 g/mol. The van der Waals surface area contributed by atoms with Crippen LogP contribution in [0.3, 0.4) is 0 Å². The molecule has 12 heteroatoms. The van der Waals surface area contributed by atoms with Crippen molar-refractivity contribution >= 4 is 34.2 Å². The van der Waals surface area contributed by atoms with Gasteiger partial charge in [-0.1, -0.05) is 24.2 Å². The van der Waals surface area contributed by atoms with Gasteiger partial charge in [0.05, 0.1) is 17.2 Å². The van der Waals surface area contributed by atoms with Gasteiger partial charge in [-0.2, -0.15) is 9.97 Å². The van der Waals surface area contributed by atoms with Crippen LogP contribution in [-0.2, 0) is 11.2 Å². The summed E-state index contributed by atoms with van der Waals surface area (Å²) < 4.78 is 36.7. The first kappa shape index (κ1) is 27.2. The van der Waals surface area contributed by atoms with Crippen LogP contribution in [0, 0.1) is 11.6 Å². The third-order valence-corrected chi connectivity index (χ3v) is 6.94.